The molecule has 0 aliphatic rings. The van der Waals surface area contributed by atoms with E-state index in [9.17, 15) is 0 Å². The van der Waals surface area contributed by atoms with Gasteiger partial charge in [0.1, 0.15) is 11.4 Å². The Balaban J connectivity index is 1.30. The zero-order valence-electron chi connectivity index (χ0n) is 27.9. The maximum atomic E-state index is 6.62. The maximum Gasteiger partial charge on any atom is 0.159 e. The van der Waals surface area contributed by atoms with Crippen molar-refractivity contribution < 1.29 is 4.42 Å². The van der Waals surface area contributed by atoms with E-state index in [1.807, 2.05) is 18.3 Å². The zero-order chi connectivity index (χ0) is 33.9. The first-order valence-electron chi connectivity index (χ1n) is 17.6. The van der Waals surface area contributed by atoms with Gasteiger partial charge in [-0.25, -0.2) is 4.98 Å². The van der Waals surface area contributed by atoms with Crippen LogP contribution in [0.15, 0.2) is 174 Å². The first-order chi connectivity index (χ1) is 25.8. The highest BCUT2D eigenvalue weighted by Crippen LogP contribution is 2.46. The van der Waals surface area contributed by atoms with Crippen LogP contribution in [0.4, 0.5) is 0 Å². The van der Waals surface area contributed by atoms with E-state index >= 15 is 0 Å². The van der Waals surface area contributed by atoms with E-state index in [1.54, 1.807) is 0 Å². The lowest BCUT2D eigenvalue weighted by Gasteiger charge is -2.10. The fourth-order valence-electron chi connectivity index (χ4n) is 8.83. The van der Waals surface area contributed by atoms with Gasteiger partial charge in [0, 0.05) is 55.0 Å². The summed E-state index contributed by atoms with van der Waals surface area (Å²) in [7, 11) is 0. The molecule has 12 aromatic rings. The highest BCUT2D eigenvalue weighted by Gasteiger charge is 2.25. The summed E-state index contributed by atoms with van der Waals surface area (Å²) in [6, 6.07) is 58.3. The summed E-state index contributed by atoms with van der Waals surface area (Å²) in [4.78, 5) is 5.02. The Kier molecular flexibility index (Phi) is 5.44. The highest BCUT2D eigenvalue weighted by molar-refractivity contribution is 6.31. The van der Waals surface area contributed by atoms with E-state index in [2.05, 4.69) is 165 Å². The van der Waals surface area contributed by atoms with E-state index in [-0.39, 0.29) is 0 Å². The maximum absolute atomic E-state index is 6.62. The lowest BCUT2D eigenvalue weighted by atomic mass is 10.1. The molecule has 5 heterocycles. The minimum atomic E-state index is 0.882. The Morgan fingerprint density at radius 3 is 1.69 bits per heavy atom. The van der Waals surface area contributed by atoms with Crippen LogP contribution in [0.5, 0.6) is 0 Å². The molecule has 0 saturated carbocycles. The first kappa shape index (κ1) is 27.7. The van der Waals surface area contributed by atoms with Crippen molar-refractivity contribution in [3.8, 4) is 17.2 Å². The molecule has 5 heteroatoms. The standard InChI is InChI=1S/C47H28N4O/c1-2-13-29(14-3-1)49-36-19-7-4-16-34(36)43-38(49)26-24-31-32-25-27-39-44(46(32)51(45(31)43)42-23-10-11-28-48-42)35-17-5-8-20-37(35)50(39)40-21-12-18-33-30-15-6-9-22-41(30)52-47(33)40/h1-28H. The number of pyridine rings is 1. The molecule has 0 atom stereocenters. The Bertz CT molecular complexity index is 3400. The number of rotatable bonds is 3. The van der Waals surface area contributed by atoms with Gasteiger partial charge >= 0.3 is 0 Å². The number of para-hydroxylation sites is 5. The number of hydrogen-bond donors (Lipinski definition) is 0. The monoisotopic (exact) mass is 664 g/mol. The highest BCUT2D eigenvalue weighted by atomic mass is 16.3. The van der Waals surface area contributed by atoms with Gasteiger partial charge in [-0.2, -0.15) is 0 Å². The Morgan fingerprint density at radius 1 is 0.385 bits per heavy atom. The molecular formula is C47H28N4O. The van der Waals surface area contributed by atoms with E-state index in [4.69, 9.17) is 9.40 Å². The third kappa shape index (κ3) is 3.54. The molecule has 0 unspecified atom stereocenters. The Labute approximate surface area is 296 Å². The predicted octanol–water partition coefficient (Wildman–Crippen LogP) is 12.3. The molecular weight excluding hydrogens is 637 g/mol. The molecule has 0 bridgehead atoms. The average Bonchev–Trinajstić information content (AvgIpc) is 3.94. The van der Waals surface area contributed by atoms with Gasteiger partial charge in [0.05, 0.1) is 38.8 Å². The molecule has 0 N–H and O–H groups in total. The minimum absolute atomic E-state index is 0.882. The molecule has 0 saturated heterocycles. The second kappa shape index (κ2) is 10.2. The van der Waals surface area contributed by atoms with Crippen molar-refractivity contribution in [1.29, 1.82) is 0 Å². The lowest BCUT2D eigenvalue weighted by Crippen LogP contribution is -1.98. The Morgan fingerprint density at radius 2 is 0.981 bits per heavy atom. The van der Waals surface area contributed by atoms with Crippen molar-refractivity contribution in [3.63, 3.8) is 0 Å². The number of aromatic nitrogens is 4. The molecule has 0 radical (unpaired) electrons. The van der Waals surface area contributed by atoms with E-state index in [1.165, 1.54) is 37.8 Å². The molecule has 12 rings (SSSR count). The van der Waals surface area contributed by atoms with E-state index in [0.717, 1.165) is 66.7 Å². The topological polar surface area (TPSA) is 40.8 Å². The van der Waals surface area contributed by atoms with Crippen LogP contribution in [0.3, 0.4) is 0 Å². The van der Waals surface area contributed by atoms with Crippen LogP contribution >= 0.6 is 0 Å². The number of fused-ring (bicyclic) bond motifs is 14. The van der Waals surface area contributed by atoms with Crippen LogP contribution < -0.4 is 0 Å². The zero-order valence-corrected chi connectivity index (χ0v) is 27.9. The summed E-state index contributed by atoms with van der Waals surface area (Å²) in [5.41, 5.74) is 10.8. The van der Waals surface area contributed by atoms with Crippen molar-refractivity contribution in [3.05, 3.63) is 170 Å². The van der Waals surface area contributed by atoms with Gasteiger partial charge in [-0.3, -0.25) is 4.57 Å². The van der Waals surface area contributed by atoms with Crippen LogP contribution in [-0.4, -0.2) is 18.7 Å². The summed E-state index contributed by atoms with van der Waals surface area (Å²) in [6.45, 7) is 0. The van der Waals surface area contributed by atoms with Crippen LogP contribution in [0.2, 0.25) is 0 Å². The fraction of sp³-hybridized carbons (Fsp3) is 0. The van der Waals surface area contributed by atoms with Gasteiger partial charge in [0.15, 0.2) is 5.58 Å². The quantitative estimate of drug-likeness (QED) is 0.189. The van der Waals surface area contributed by atoms with Crippen LogP contribution in [0.25, 0.3) is 105 Å². The molecule has 0 spiro atoms. The van der Waals surface area contributed by atoms with Crippen LogP contribution in [-0.2, 0) is 0 Å². The summed E-state index contributed by atoms with van der Waals surface area (Å²) in [5.74, 6) is 0.884. The molecule has 5 nitrogen and oxygen atoms in total. The van der Waals surface area contributed by atoms with Gasteiger partial charge in [-0.1, -0.05) is 103 Å². The van der Waals surface area contributed by atoms with E-state index < -0.39 is 0 Å². The summed E-state index contributed by atoms with van der Waals surface area (Å²) in [5, 5.41) is 9.40. The van der Waals surface area contributed by atoms with Gasteiger partial charge in [-0.05, 0) is 60.7 Å². The second-order valence-corrected chi connectivity index (χ2v) is 13.5. The second-order valence-electron chi connectivity index (χ2n) is 13.5. The molecule has 0 fully saturated rings. The number of furan rings is 1. The van der Waals surface area contributed by atoms with Crippen LogP contribution in [0.1, 0.15) is 0 Å². The van der Waals surface area contributed by atoms with Gasteiger partial charge in [0.25, 0.3) is 0 Å². The smallest absolute Gasteiger partial charge is 0.159 e. The first-order valence-corrected chi connectivity index (χ1v) is 17.6. The number of nitrogens with zero attached hydrogens (tertiary/aromatic N) is 4. The van der Waals surface area contributed by atoms with Crippen LogP contribution in [0, 0.1) is 0 Å². The van der Waals surface area contributed by atoms with Crippen molar-refractivity contribution in [1.82, 2.24) is 18.7 Å². The normalized spacial score (nSPS) is 12.2. The third-order valence-electron chi connectivity index (χ3n) is 10.9. The van der Waals surface area contributed by atoms with Crippen molar-refractivity contribution in [2.24, 2.45) is 0 Å². The fourth-order valence-corrected chi connectivity index (χ4v) is 8.83. The van der Waals surface area contributed by atoms with Gasteiger partial charge < -0.3 is 13.6 Å². The largest absolute Gasteiger partial charge is 0.454 e. The lowest BCUT2D eigenvalue weighted by molar-refractivity contribution is 0.666. The van der Waals surface area contributed by atoms with Crippen molar-refractivity contribution >= 4 is 87.4 Å². The van der Waals surface area contributed by atoms with Crippen molar-refractivity contribution in [2.45, 2.75) is 0 Å². The molecule has 7 aromatic carbocycles. The molecule has 0 aliphatic carbocycles. The summed E-state index contributed by atoms with van der Waals surface area (Å²) in [6.07, 6.45) is 1.89. The van der Waals surface area contributed by atoms with Gasteiger partial charge in [-0.15, -0.1) is 0 Å². The summed E-state index contributed by atoms with van der Waals surface area (Å²) >= 11 is 0. The number of hydrogen-bond acceptors (Lipinski definition) is 2. The number of benzene rings is 7. The van der Waals surface area contributed by atoms with Gasteiger partial charge in [0.2, 0.25) is 0 Å². The molecule has 242 valence electrons. The van der Waals surface area contributed by atoms with Crippen molar-refractivity contribution in [2.75, 3.05) is 0 Å². The average molecular weight is 665 g/mol. The molecule has 52 heavy (non-hydrogen) atoms. The molecule has 0 aliphatic heterocycles. The SMILES string of the molecule is c1ccc(-n2c3ccccc3c3c2ccc2c4ccc5c(c6ccccc6n5-c5cccc6c5oc5ccccc56)c4n(-c4ccccn4)c23)cc1. The summed E-state index contributed by atoms with van der Waals surface area (Å²) < 4.78 is 13.8. The third-order valence-corrected chi connectivity index (χ3v) is 10.9. The molecule has 5 aromatic heterocycles. The minimum Gasteiger partial charge on any atom is -0.454 e. The molecule has 0 amide bonds. The Hall–Kier alpha value is -7.11. The predicted molar refractivity (Wildman–Crippen MR) is 215 cm³/mol. The van der Waals surface area contributed by atoms with E-state index in [0.29, 0.717) is 0 Å².